The number of rotatable bonds is 5. The summed E-state index contributed by atoms with van der Waals surface area (Å²) in [5, 5.41) is 10.1. The van der Waals surface area contributed by atoms with Gasteiger partial charge < -0.3 is 20.1 Å². The molecule has 7 heteroatoms. The molecule has 1 spiro atoms. The van der Waals surface area contributed by atoms with Crippen LogP contribution in [0.3, 0.4) is 0 Å². The normalized spacial score (nSPS) is 19.5. The van der Waals surface area contributed by atoms with Gasteiger partial charge in [-0.15, -0.1) is 6.58 Å². The van der Waals surface area contributed by atoms with Crippen LogP contribution in [0.15, 0.2) is 84.3 Å². The molecule has 2 aromatic carbocycles. The molecule has 0 radical (unpaired) electrons. The summed E-state index contributed by atoms with van der Waals surface area (Å²) in [4.78, 5) is 29.0. The van der Waals surface area contributed by atoms with Crippen molar-refractivity contribution in [3.05, 3.63) is 95.4 Å². The fourth-order valence-electron chi connectivity index (χ4n) is 4.32. The number of esters is 1. The second kappa shape index (κ2) is 8.08. The SMILES string of the molecule is C=CCN1C(=O)[C@@]2(C(C#N)=C(N)OC(c3ccccc3)=C2C(=O)OCC)c2ccccc21. The van der Waals surface area contributed by atoms with Crippen LogP contribution < -0.4 is 10.6 Å². The van der Waals surface area contributed by atoms with Crippen molar-refractivity contribution in [2.75, 3.05) is 18.1 Å². The lowest BCUT2D eigenvalue weighted by Crippen LogP contribution is -2.48. The first kappa shape index (κ1) is 20.9. The van der Waals surface area contributed by atoms with Gasteiger partial charge in [-0.05, 0) is 13.0 Å². The van der Waals surface area contributed by atoms with Crippen LogP contribution in [0.5, 0.6) is 0 Å². The van der Waals surface area contributed by atoms with Crippen LogP contribution in [-0.2, 0) is 24.5 Å². The Labute approximate surface area is 185 Å². The molecule has 4 rings (SSSR count). The number of carbonyl (C=O) groups is 2. The predicted molar refractivity (Wildman–Crippen MR) is 119 cm³/mol. The molecule has 1 amide bonds. The van der Waals surface area contributed by atoms with E-state index in [1.807, 2.05) is 12.1 Å². The molecule has 0 unspecified atom stereocenters. The maximum atomic E-state index is 14.1. The quantitative estimate of drug-likeness (QED) is 0.580. The van der Waals surface area contributed by atoms with Gasteiger partial charge in [0.25, 0.3) is 0 Å². The highest BCUT2D eigenvalue weighted by Crippen LogP contribution is 2.55. The third-order valence-corrected chi connectivity index (χ3v) is 5.54. The molecule has 0 saturated carbocycles. The summed E-state index contributed by atoms with van der Waals surface area (Å²) >= 11 is 0. The molecule has 32 heavy (non-hydrogen) atoms. The highest BCUT2D eigenvalue weighted by molar-refractivity contribution is 6.20. The van der Waals surface area contributed by atoms with Crippen molar-refractivity contribution in [2.45, 2.75) is 12.3 Å². The Morgan fingerprint density at radius 1 is 1.25 bits per heavy atom. The highest BCUT2D eigenvalue weighted by Gasteiger charge is 2.62. The lowest BCUT2D eigenvalue weighted by atomic mass is 9.67. The minimum absolute atomic E-state index is 0.0692. The zero-order valence-electron chi connectivity index (χ0n) is 17.5. The molecule has 2 N–H and O–H groups in total. The fraction of sp³-hybridized carbons (Fsp3) is 0.160. The van der Waals surface area contributed by atoms with E-state index < -0.39 is 17.3 Å². The first-order valence-electron chi connectivity index (χ1n) is 10.1. The van der Waals surface area contributed by atoms with Crippen LogP contribution in [-0.4, -0.2) is 25.0 Å². The van der Waals surface area contributed by atoms with Gasteiger partial charge in [0.1, 0.15) is 23.0 Å². The molecule has 0 fully saturated rings. The van der Waals surface area contributed by atoms with Gasteiger partial charge in [-0.25, -0.2) is 4.79 Å². The van der Waals surface area contributed by atoms with Crippen LogP contribution in [0.4, 0.5) is 5.69 Å². The van der Waals surface area contributed by atoms with Gasteiger partial charge in [0.15, 0.2) is 5.41 Å². The van der Waals surface area contributed by atoms with E-state index in [4.69, 9.17) is 15.2 Å². The highest BCUT2D eigenvalue weighted by atomic mass is 16.5. The number of amides is 1. The zero-order chi connectivity index (χ0) is 22.9. The Kier molecular flexibility index (Phi) is 5.29. The summed E-state index contributed by atoms with van der Waals surface area (Å²) in [7, 11) is 0. The van der Waals surface area contributed by atoms with Crippen molar-refractivity contribution in [2.24, 2.45) is 5.73 Å². The molecule has 0 saturated heterocycles. The van der Waals surface area contributed by atoms with E-state index in [9.17, 15) is 14.9 Å². The number of ether oxygens (including phenoxy) is 2. The fourth-order valence-corrected chi connectivity index (χ4v) is 4.32. The Morgan fingerprint density at radius 3 is 2.59 bits per heavy atom. The first-order valence-corrected chi connectivity index (χ1v) is 10.1. The number of anilines is 1. The van der Waals surface area contributed by atoms with E-state index in [-0.39, 0.29) is 35.9 Å². The molecule has 2 heterocycles. The zero-order valence-corrected chi connectivity index (χ0v) is 17.5. The van der Waals surface area contributed by atoms with Crippen LogP contribution in [0.2, 0.25) is 0 Å². The van der Waals surface area contributed by atoms with E-state index in [2.05, 4.69) is 6.58 Å². The minimum Gasteiger partial charge on any atom is -0.462 e. The van der Waals surface area contributed by atoms with E-state index in [1.54, 1.807) is 61.5 Å². The van der Waals surface area contributed by atoms with Crippen molar-refractivity contribution in [1.29, 1.82) is 5.26 Å². The summed E-state index contributed by atoms with van der Waals surface area (Å²) in [6.07, 6.45) is 1.58. The topological polar surface area (TPSA) is 106 Å². The summed E-state index contributed by atoms with van der Waals surface area (Å²) in [6.45, 7) is 5.67. The van der Waals surface area contributed by atoms with E-state index in [0.717, 1.165) is 0 Å². The lowest BCUT2D eigenvalue weighted by Gasteiger charge is -2.35. The Hall–Kier alpha value is -4.31. The second-order valence-corrected chi connectivity index (χ2v) is 7.22. The number of para-hydroxylation sites is 1. The van der Waals surface area contributed by atoms with E-state index in [0.29, 0.717) is 16.8 Å². The van der Waals surface area contributed by atoms with Crippen LogP contribution in [0, 0.1) is 11.3 Å². The van der Waals surface area contributed by atoms with Gasteiger partial charge in [0.05, 0.1) is 6.61 Å². The van der Waals surface area contributed by atoms with Crippen LogP contribution in [0.1, 0.15) is 18.1 Å². The number of fused-ring (bicyclic) bond motifs is 2. The first-order chi connectivity index (χ1) is 15.5. The summed E-state index contributed by atoms with van der Waals surface area (Å²) in [5.41, 5.74) is 5.75. The van der Waals surface area contributed by atoms with Gasteiger partial charge in [0.2, 0.25) is 11.8 Å². The van der Waals surface area contributed by atoms with Crippen molar-refractivity contribution in [1.82, 2.24) is 0 Å². The minimum atomic E-state index is -1.80. The molecule has 2 aliphatic heterocycles. The van der Waals surface area contributed by atoms with Crippen LogP contribution in [0.25, 0.3) is 5.76 Å². The standard InChI is InChI=1S/C25H21N3O4/c1-3-14-28-19-13-9-8-12-17(19)25(24(28)30)18(15-26)22(27)32-21(16-10-6-5-7-11-16)20(25)23(29)31-4-2/h3,5-13H,1,4,14,27H2,2H3/t25-/m1/s1. The van der Waals surface area contributed by atoms with E-state index >= 15 is 0 Å². The summed E-state index contributed by atoms with van der Waals surface area (Å²) < 4.78 is 11.2. The maximum Gasteiger partial charge on any atom is 0.339 e. The second-order valence-electron chi connectivity index (χ2n) is 7.22. The monoisotopic (exact) mass is 427 g/mol. The predicted octanol–water partition coefficient (Wildman–Crippen LogP) is 3.16. The third-order valence-electron chi connectivity index (χ3n) is 5.54. The maximum absolute atomic E-state index is 14.1. The van der Waals surface area contributed by atoms with E-state index in [1.165, 1.54) is 4.90 Å². The molecule has 160 valence electrons. The average molecular weight is 427 g/mol. The van der Waals surface area contributed by atoms with Crippen molar-refractivity contribution < 1.29 is 19.1 Å². The van der Waals surface area contributed by atoms with Crippen LogP contribution >= 0.6 is 0 Å². The number of carbonyl (C=O) groups excluding carboxylic acids is 2. The van der Waals surface area contributed by atoms with Crippen molar-refractivity contribution in [3.63, 3.8) is 0 Å². The van der Waals surface area contributed by atoms with Gasteiger partial charge in [-0.3, -0.25) is 4.79 Å². The van der Waals surface area contributed by atoms with Gasteiger partial charge in [-0.2, -0.15) is 5.26 Å². The molecule has 1 atom stereocenters. The van der Waals surface area contributed by atoms with Crippen molar-refractivity contribution >= 4 is 23.3 Å². The summed E-state index contributed by atoms with van der Waals surface area (Å²) in [6, 6.07) is 17.9. The molecule has 7 nitrogen and oxygen atoms in total. The molecule has 2 aliphatic rings. The number of nitrogens with two attached hydrogens (primary N) is 1. The van der Waals surface area contributed by atoms with Crippen molar-refractivity contribution in [3.8, 4) is 6.07 Å². The Balaban J connectivity index is 2.15. The molecule has 0 aliphatic carbocycles. The molecular formula is C25H21N3O4. The average Bonchev–Trinajstić information content (AvgIpc) is 3.04. The molecule has 2 aromatic rings. The van der Waals surface area contributed by atoms with Gasteiger partial charge >= 0.3 is 5.97 Å². The smallest absolute Gasteiger partial charge is 0.339 e. The lowest BCUT2D eigenvalue weighted by molar-refractivity contribution is -0.140. The Bertz CT molecular complexity index is 1220. The number of nitriles is 1. The number of nitrogens with zero attached hydrogens (tertiary/aromatic N) is 2. The third kappa shape index (κ3) is 2.81. The number of benzene rings is 2. The Morgan fingerprint density at radius 2 is 1.94 bits per heavy atom. The molecular weight excluding hydrogens is 406 g/mol. The van der Waals surface area contributed by atoms with Gasteiger partial charge in [0, 0.05) is 23.4 Å². The molecule has 0 aromatic heterocycles. The number of hydrogen-bond acceptors (Lipinski definition) is 6. The largest absolute Gasteiger partial charge is 0.462 e. The summed E-state index contributed by atoms with van der Waals surface area (Å²) in [5.74, 6) is -1.39. The molecule has 0 bridgehead atoms. The number of hydrogen-bond donors (Lipinski definition) is 1. The van der Waals surface area contributed by atoms with Gasteiger partial charge in [-0.1, -0.05) is 54.6 Å².